The largest absolute Gasteiger partial charge is 0.481 e. The first kappa shape index (κ1) is 13.5. The third-order valence-corrected chi connectivity index (χ3v) is 3.84. The van der Waals surface area contributed by atoms with Crippen LogP contribution in [0.1, 0.15) is 37.5 Å². The SMILES string of the molecule is CCCCC(O)(CC(=O)O)c1ccc(Cl)s1. The minimum absolute atomic E-state index is 0.274. The molecule has 0 bridgehead atoms. The number of hydrogen-bond acceptors (Lipinski definition) is 3. The number of halogens is 1. The molecule has 0 amide bonds. The van der Waals surface area contributed by atoms with E-state index in [9.17, 15) is 9.90 Å². The Morgan fingerprint density at radius 1 is 1.56 bits per heavy atom. The lowest BCUT2D eigenvalue weighted by Crippen LogP contribution is -2.28. The lowest BCUT2D eigenvalue weighted by Gasteiger charge is -2.25. The third kappa shape index (κ3) is 3.47. The van der Waals surface area contributed by atoms with Crippen molar-refractivity contribution in [2.75, 3.05) is 0 Å². The lowest BCUT2D eigenvalue weighted by atomic mass is 9.91. The minimum atomic E-state index is -1.28. The molecule has 0 aromatic carbocycles. The van der Waals surface area contributed by atoms with Gasteiger partial charge in [0.05, 0.1) is 10.8 Å². The molecule has 5 heteroatoms. The number of hydrogen-bond donors (Lipinski definition) is 2. The Bertz CT molecular complexity index is 364. The summed E-state index contributed by atoms with van der Waals surface area (Å²) in [4.78, 5) is 11.4. The van der Waals surface area contributed by atoms with E-state index in [2.05, 4.69) is 0 Å². The maximum atomic E-state index is 10.8. The van der Waals surface area contributed by atoms with Gasteiger partial charge >= 0.3 is 5.97 Å². The molecule has 1 aromatic rings. The fourth-order valence-corrected chi connectivity index (χ4v) is 2.74. The van der Waals surface area contributed by atoms with Gasteiger partial charge in [-0.25, -0.2) is 0 Å². The molecule has 16 heavy (non-hydrogen) atoms. The van der Waals surface area contributed by atoms with Crippen LogP contribution in [0.25, 0.3) is 0 Å². The summed E-state index contributed by atoms with van der Waals surface area (Å²) in [5, 5.41) is 19.2. The predicted molar refractivity (Wildman–Crippen MR) is 65.0 cm³/mol. The molecule has 0 saturated heterocycles. The first-order chi connectivity index (χ1) is 7.48. The Morgan fingerprint density at radius 3 is 2.69 bits per heavy atom. The maximum Gasteiger partial charge on any atom is 0.306 e. The highest BCUT2D eigenvalue weighted by atomic mass is 35.5. The summed E-state index contributed by atoms with van der Waals surface area (Å²) < 4.78 is 0.565. The number of carboxylic acid groups (broad SMARTS) is 1. The van der Waals surface area contributed by atoms with E-state index in [0.29, 0.717) is 15.6 Å². The zero-order valence-corrected chi connectivity index (χ0v) is 10.6. The molecule has 0 aliphatic carbocycles. The van der Waals surface area contributed by atoms with Crippen molar-refractivity contribution in [3.63, 3.8) is 0 Å². The van der Waals surface area contributed by atoms with Gasteiger partial charge in [0.1, 0.15) is 5.60 Å². The normalized spacial score (nSPS) is 14.7. The maximum absolute atomic E-state index is 10.8. The van der Waals surface area contributed by atoms with Crippen molar-refractivity contribution in [2.24, 2.45) is 0 Å². The molecular formula is C11H15ClO3S. The van der Waals surface area contributed by atoms with E-state index in [4.69, 9.17) is 16.7 Å². The van der Waals surface area contributed by atoms with E-state index in [1.165, 1.54) is 11.3 Å². The van der Waals surface area contributed by atoms with Crippen molar-refractivity contribution in [3.8, 4) is 0 Å². The van der Waals surface area contributed by atoms with Gasteiger partial charge in [0.25, 0.3) is 0 Å². The molecule has 1 aromatic heterocycles. The zero-order valence-electron chi connectivity index (χ0n) is 9.07. The highest BCUT2D eigenvalue weighted by Crippen LogP contribution is 2.37. The van der Waals surface area contributed by atoms with Gasteiger partial charge in [-0.3, -0.25) is 4.79 Å². The molecule has 1 unspecified atom stereocenters. The van der Waals surface area contributed by atoms with Crippen LogP contribution in [0.5, 0.6) is 0 Å². The Kier molecular flexibility index (Phi) is 4.77. The molecule has 0 spiro atoms. The fraction of sp³-hybridized carbons (Fsp3) is 0.545. The Labute approximate surface area is 104 Å². The van der Waals surface area contributed by atoms with E-state index in [0.717, 1.165) is 12.8 Å². The Hall–Kier alpha value is -0.580. The van der Waals surface area contributed by atoms with E-state index >= 15 is 0 Å². The van der Waals surface area contributed by atoms with Gasteiger partial charge in [-0.2, -0.15) is 0 Å². The summed E-state index contributed by atoms with van der Waals surface area (Å²) in [5.74, 6) is -0.997. The number of carbonyl (C=O) groups is 1. The van der Waals surface area contributed by atoms with Crippen molar-refractivity contribution in [1.82, 2.24) is 0 Å². The highest BCUT2D eigenvalue weighted by molar-refractivity contribution is 7.16. The van der Waals surface area contributed by atoms with E-state index in [1.54, 1.807) is 12.1 Å². The number of aliphatic hydroxyl groups is 1. The molecule has 1 atom stereocenters. The van der Waals surface area contributed by atoms with Crippen molar-refractivity contribution < 1.29 is 15.0 Å². The van der Waals surface area contributed by atoms with Gasteiger partial charge in [0.15, 0.2) is 0 Å². The smallest absolute Gasteiger partial charge is 0.306 e. The van der Waals surface area contributed by atoms with Gasteiger partial charge < -0.3 is 10.2 Å². The van der Waals surface area contributed by atoms with Gasteiger partial charge in [-0.1, -0.05) is 31.4 Å². The monoisotopic (exact) mass is 262 g/mol. The molecule has 90 valence electrons. The van der Waals surface area contributed by atoms with Gasteiger partial charge in [0.2, 0.25) is 0 Å². The van der Waals surface area contributed by atoms with Gasteiger partial charge in [-0.15, -0.1) is 11.3 Å². The molecule has 0 aliphatic heterocycles. The first-order valence-electron chi connectivity index (χ1n) is 5.18. The summed E-state index contributed by atoms with van der Waals surface area (Å²) in [7, 11) is 0. The summed E-state index contributed by atoms with van der Waals surface area (Å²) in [6.07, 6.45) is 1.89. The number of rotatable bonds is 6. The van der Waals surface area contributed by atoms with Crippen LogP contribution in [0.3, 0.4) is 0 Å². The summed E-state index contributed by atoms with van der Waals surface area (Å²) >= 11 is 7.04. The molecule has 1 rings (SSSR count). The molecule has 0 aliphatic rings. The molecular weight excluding hydrogens is 248 g/mol. The standard InChI is InChI=1S/C11H15ClO3S/c1-2-3-6-11(15,7-10(13)14)8-4-5-9(12)16-8/h4-5,15H,2-3,6-7H2,1H3,(H,13,14). The topological polar surface area (TPSA) is 57.5 Å². The van der Waals surface area contributed by atoms with Gasteiger partial charge in [-0.05, 0) is 18.6 Å². The van der Waals surface area contributed by atoms with Crippen LogP contribution in [0, 0.1) is 0 Å². The molecule has 0 fully saturated rings. The van der Waals surface area contributed by atoms with Gasteiger partial charge in [0, 0.05) is 4.88 Å². The molecule has 1 heterocycles. The predicted octanol–water partition coefficient (Wildman–Crippen LogP) is 3.25. The number of carboxylic acids is 1. The average Bonchev–Trinajstić information content (AvgIpc) is 2.61. The highest BCUT2D eigenvalue weighted by Gasteiger charge is 2.33. The molecule has 0 saturated carbocycles. The van der Waals surface area contributed by atoms with Crippen molar-refractivity contribution in [2.45, 2.75) is 38.2 Å². The summed E-state index contributed by atoms with van der Waals surface area (Å²) in [5.41, 5.74) is -1.28. The first-order valence-corrected chi connectivity index (χ1v) is 6.37. The van der Waals surface area contributed by atoms with Crippen LogP contribution >= 0.6 is 22.9 Å². The van der Waals surface area contributed by atoms with Crippen LogP contribution in [0.15, 0.2) is 12.1 Å². The van der Waals surface area contributed by atoms with Crippen LogP contribution < -0.4 is 0 Å². The Morgan fingerprint density at radius 2 is 2.25 bits per heavy atom. The number of unbranched alkanes of at least 4 members (excludes halogenated alkanes) is 1. The lowest BCUT2D eigenvalue weighted by molar-refractivity contribution is -0.143. The minimum Gasteiger partial charge on any atom is -0.481 e. The molecule has 0 radical (unpaired) electrons. The second kappa shape index (κ2) is 5.66. The van der Waals surface area contributed by atoms with Crippen molar-refractivity contribution in [3.05, 3.63) is 21.3 Å². The van der Waals surface area contributed by atoms with Crippen LogP contribution in [0.2, 0.25) is 4.34 Å². The second-order valence-corrected chi connectivity index (χ2v) is 5.52. The average molecular weight is 263 g/mol. The molecule has 3 nitrogen and oxygen atoms in total. The van der Waals surface area contributed by atoms with Crippen LogP contribution in [-0.2, 0) is 10.4 Å². The van der Waals surface area contributed by atoms with Crippen molar-refractivity contribution >= 4 is 28.9 Å². The fourth-order valence-electron chi connectivity index (χ4n) is 1.58. The van der Waals surface area contributed by atoms with Crippen molar-refractivity contribution in [1.29, 1.82) is 0 Å². The Balaban J connectivity index is 2.89. The quantitative estimate of drug-likeness (QED) is 0.827. The second-order valence-electron chi connectivity index (χ2n) is 3.81. The zero-order chi connectivity index (χ0) is 12.2. The summed E-state index contributed by atoms with van der Waals surface area (Å²) in [6.45, 7) is 2.00. The number of aliphatic carboxylic acids is 1. The van der Waals surface area contributed by atoms with E-state index in [1.807, 2.05) is 6.92 Å². The third-order valence-electron chi connectivity index (χ3n) is 2.42. The number of thiophene rings is 1. The van der Waals surface area contributed by atoms with E-state index in [-0.39, 0.29) is 6.42 Å². The van der Waals surface area contributed by atoms with E-state index < -0.39 is 11.6 Å². The van der Waals surface area contributed by atoms with Crippen LogP contribution in [0.4, 0.5) is 0 Å². The molecule has 2 N–H and O–H groups in total. The van der Waals surface area contributed by atoms with Crippen LogP contribution in [-0.4, -0.2) is 16.2 Å². The summed E-state index contributed by atoms with van der Waals surface area (Å²) in [6, 6.07) is 3.38.